The van der Waals surface area contributed by atoms with E-state index in [9.17, 15) is 9.59 Å². The van der Waals surface area contributed by atoms with Crippen molar-refractivity contribution in [2.45, 2.75) is 58.1 Å². The van der Waals surface area contributed by atoms with Crippen molar-refractivity contribution in [3.05, 3.63) is 78.1 Å². The number of aromatic nitrogens is 3. The zero-order valence-corrected chi connectivity index (χ0v) is 23.0. The highest BCUT2D eigenvalue weighted by Crippen LogP contribution is 2.50. The summed E-state index contributed by atoms with van der Waals surface area (Å²) in [5.74, 6) is 2.87. The molecule has 206 valence electrons. The maximum Gasteiger partial charge on any atom is 0.251 e. The molecular weight excluding hydrogens is 500 g/mol. The number of hydrogen-bond donors (Lipinski definition) is 2. The fourth-order valence-electron chi connectivity index (χ4n) is 6.81. The van der Waals surface area contributed by atoms with Gasteiger partial charge in [0.15, 0.2) is 0 Å². The highest BCUT2D eigenvalue weighted by Gasteiger charge is 2.43. The molecule has 4 atom stereocenters. The first-order valence-electron chi connectivity index (χ1n) is 14.4. The molecule has 0 radical (unpaired) electrons. The molecular formula is C33H36N4O3. The van der Waals surface area contributed by atoms with Gasteiger partial charge in [0, 0.05) is 28.6 Å². The number of carbonyl (C=O) groups excluding carboxylic acids is 2. The number of hydrogen-bond acceptors (Lipinski definition) is 5. The molecule has 2 fully saturated rings. The second-order valence-electron chi connectivity index (χ2n) is 11.6. The Bertz CT molecular complexity index is 1470. The first-order valence-corrected chi connectivity index (χ1v) is 14.4. The van der Waals surface area contributed by atoms with Crippen molar-refractivity contribution in [1.29, 1.82) is 0 Å². The quantitative estimate of drug-likeness (QED) is 0.237. The molecule has 2 aromatic heterocycles. The second-order valence-corrected chi connectivity index (χ2v) is 11.6. The lowest BCUT2D eigenvalue weighted by Gasteiger charge is -2.36. The molecule has 4 unspecified atom stereocenters. The van der Waals surface area contributed by atoms with Crippen molar-refractivity contribution < 1.29 is 14.3 Å². The zero-order valence-electron chi connectivity index (χ0n) is 23.0. The number of benzene rings is 2. The summed E-state index contributed by atoms with van der Waals surface area (Å²) in [5.41, 5.74) is 4.03. The number of nitrogens with zero attached hydrogens (tertiary/aromatic N) is 2. The average molecular weight is 537 g/mol. The van der Waals surface area contributed by atoms with E-state index in [-0.39, 0.29) is 24.0 Å². The number of ether oxygens (including phenoxy) is 1. The lowest BCUT2D eigenvalue weighted by Crippen LogP contribution is -2.33. The third-order valence-electron chi connectivity index (χ3n) is 8.86. The number of H-pyrrole nitrogens is 1. The summed E-state index contributed by atoms with van der Waals surface area (Å²) < 4.78 is 6.44. The molecule has 0 aliphatic heterocycles. The predicted molar refractivity (Wildman–Crippen MR) is 155 cm³/mol. The van der Waals surface area contributed by atoms with E-state index in [0.29, 0.717) is 23.3 Å². The molecule has 1 amide bonds. The number of aromatic amines is 1. The highest BCUT2D eigenvalue weighted by atomic mass is 16.5. The summed E-state index contributed by atoms with van der Waals surface area (Å²) in [6, 6.07) is 19.2. The van der Waals surface area contributed by atoms with Crippen molar-refractivity contribution in [1.82, 2.24) is 20.5 Å². The van der Waals surface area contributed by atoms with Crippen LogP contribution >= 0.6 is 0 Å². The zero-order chi connectivity index (χ0) is 27.6. The van der Waals surface area contributed by atoms with E-state index in [1.165, 1.54) is 12.8 Å². The minimum absolute atomic E-state index is 0.150. The number of rotatable bonds is 9. The van der Waals surface area contributed by atoms with E-state index < -0.39 is 0 Å². The normalized spacial score (nSPS) is 23.4. The van der Waals surface area contributed by atoms with Crippen LogP contribution in [0, 0.1) is 23.7 Å². The molecule has 2 aromatic carbocycles. The van der Waals surface area contributed by atoms with Gasteiger partial charge in [-0.05, 0) is 111 Å². The lowest BCUT2D eigenvalue weighted by atomic mass is 9.73. The smallest absolute Gasteiger partial charge is 0.251 e. The molecule has 2 aliphatic carbocycles. The highest BCUT2D eigenvalue weighted by molar-refractivity contribution is 6.01. The van der Waals surface area contributed by atoms with Gasteiger partial charge in [-0.25, -0.2) is 0 Å². The fraction of sp³-hybridized carbons (Fsp3) is 0.394. The Kier molecular flexibility index (Phi) is 7.37. The Morgan fingerprint density at radius 1 is 1.07 bits per heavy atom. The lowest BCUT2D eigenvalue weighted by molar-refractivity contribution is -0.111. The Hall–Kier alpha value is -4.00. The van der Waals surface area contributed by atoms with Gasteiger partial charge in [-0.2, -0.15) is 5.10 Å². The number of nitrogens with one attached hydrogen (secondary N) is 2. The van der Waals surface area contributed by atoms with Gasteiger partial charge in [-0.3, -0.25) is 14.9 Å². The van der Waals surface area contributed by atoms with Crippen LogP contribution in [0.2, 0.25) is 0 Å². The third-order valence-corrected chi connectivity index (χ3v) is 8.86. The van der Waals surface area contributed by atoms with Crippen LogP contribution in [0.3, 0.4) is 0 Å². The van der Waals surface area contributed by atoms with Crippen molar-refractivity contribution in [3.8, 4) is 17.0 Å². The summed E-state index contributed by atoms with van der Waals surface area (Å²) in [6.07, 6.45) is 8.74. The maximum absolute atomic E-state index is 13.0. The van der Waals surface area contributed by atoms with Crippen molar-refractivity contribution >= 4 is 23.1 Å². The summed E-state index contributed by atoms with van der Waals surface area (Å²) in [7, 11) is 0. The number of carbonyl (C=O) groups is 2. The molecule has 7 nitrogen and oxygen atoms in total. The van der Waals surface area contributed by atoms with Gasteiger partial charge in [-0.1, -0.05) is 13.0 Å². The number of pyridine rings is 1. The summed E-state index contributed by atoms with van der Waals surface area (Å²) in [6.45, 7) is 3.97. The van der Waals surface area contributed by atoms with Crippen LogP contribution in [0.15, 0.2) is 66.9 Å². The Labute approximate surface area is 234 Å². The molecule has 6 rings (SSSR count). The minimum Gasteiger partial charge on any atom is -0.490 e. The number of aldehydes is 1. The van der Waals surface area contributed by atoms with Crippen LogP contribution in [0.25, 0.3) is 22.2 Å². The van der Waals surface area contributed by atoms with E-state index in [4.69, 9.17) is 4.74 Å². The molecule has 4 aromatic rings. The van der Waals surface area contributed by atoms with E-state index >= 15 is 0 Å². The number of amides is 1. The van der Waals surface area contributed by atoms with Crippen molar-refractivity contribution in [2.75, 3.05) is 0 Å². The van der Waals surface area contributed by atoms with Crippen LogP contribution in [0.4, 0.5) is 0 Å². The monoisotopic (exact) mass is 536 g/mol. The van der Waals surface area contributed by atoms with Gasteiger partial charge in [0.2, 0.25) is 0 Å². The van der Waals surface area contributed by atoms with Gasteiger partial charge in [0.05, 0.1) is 29.1 Å². The van der Waals surface area contributed by atoms with E-state index in [1.807, 2.05) is 74.5 Å². The molecule has 0 spiro atoms. The Balaban J connectivity index is 1.13. The fourth-order valence-corrected chi connectivity index (χ4v) is 6.81. The van der Waals surface area contributed by atoms with Crippen LogP contribution in [0.5, 0.6) is 5.75 Å². The van der Waals surface area contributed by atoms with E-state index in [0.717, 1.165) is 59.2 Å². The van der Waals surface area contributed by atoms with Gasteiger partial charge in [-0.15, -0.1) is 0 Å². The molecule has 7 heteroatoms. The topological polar surface area (TPSA) is 97.0 Å². The molecule has 2 bridgehead atoms. The van der Waals surface area contributed by atoms with E-state index in [2.05, 4.69) is 20.5 Å². The van der Waals surface area contributed by atoms with Crippen LogP contribution in [-0.2, 0) is 4.79 Å². The summed E-state index contributed by atoms with van der Waals surface area (Å²) in [4.78, 5) is 28.5. The number of fused-ring (bicyclic) bond motifs is 3. The van der Waals surface area contributed by atoms with Crippen molar-refractivity contribution in [2.24, 2.45) is 23.7 Å². The average Bonchev–Trinajstić information content (AvgIpc) is 3.50. The van der Waals surface area contributed by atoms with Gasteiger partial charge in [0.25, 0.3) is 5.91 Å². The van der Waals surface area contributed by atoms with Crippen molar-refractivity contribution in [3.63, 3.8) is 0 Å². The SMILES string of the molecule is CC(C=O)CC1C2CCC1CC(Oc1ccc(-c3n[nH]c4ccc(C(=O)NC(C)c5ccccn5)cc34)cc1)C2. The summed E-state index contributed by atoms with van der Waals surface area (Å²) >= 11 is 0. The molecule has 2 N–H and O–H groups in total. The minimum atomic E-state index is -0.203. The van der Waals surface area contributed by atoms with E-state index in [1.54, 1.807) is 6.20 Å². The third kappa shape index (κ3) is 5.37. The molecule has 40 heavy (non-hydrogen) atoms. The molecule has 2 heterocycles. The summed E-state index contributed by atoms with van der Waals surface area (Å²) in [5, 5.41) is 11.6. The molecule has 2 aliphatic rings. The van der Waals surface area contributed by atoms with Gasteiger partial charge < -0.3 is 14.8 Å². The molecule has 2 saturated carbocycles. The largest absolute Gasteiger partial charge is 0.490 e. The first kappa shape index (κ1) is 26.2. The second kappa shape index (κ2) is 11.2. The van der Waals surface area contributed by atoms with Gasteiger partial charge in [0.1, 0.15) is 12.0 Å². The van der Waals surface area contributed by atoms with Crippen LogP contribution in [-0.4, -0.2) is 33.5 Å². The Morgan fingerprint density at radius 3 is 2.55 bits per heavy atom. The maximum atomic E-state index is 13.0. The Morgan fingerprint density at radius 2 is 1.85 bits per heavy atom. The molecule has 0 saturated heterocycles. The van der Waals surface area contributed by atoms with Crippen LogP contribution in [0.1, 0.15) is 68.0 Å². The first-order chi connectivity index (χ1) is 19.5. The van der Waals surface area contributed by atoms with Gasteiger partial charge >= 0.3 is 0 Å². The standard InChI is InChI=1S/C33H36N4O3/c1-20(19-38)15-28-23-6-7-24(28)17-27(16-23)40-26-11-8-22(9-12-26)32-29-18-25(10-13-31(29)36-37-32)33(39)35-21(2)30-5-3-4-14-34-30/h3-5,8-14,18-21,23-24,27-28H,6-7,15-17H2,1-2H3,(H,35,39)(H,36,37). The van der Waals surface area contributed by atoms with Crippen LogP contribution < -0.4 is 10.1 Å². The predicted octanol–water partition coefficient (Wildman–Crippen LogP) is 6.52.